The van der Waals surface area contributed by atoms with E-state index in [0.29, 0.717) is 17.1 Å². The van der Waals surface area contributed by atoms with Crippen molar-refractivity contribution in [2.24, 2.45) is 5.92 Å². The Morgan fingerprint density at radius 1 is 1.29 bits per heavy atom. The summed E-state index contributed by atoms with van der Waals surface area (Å²) in [6.45, 7) is 0. The Kier molecular flexibility index (Phi) is 4.67. The Morgan fingerprint density at radius 2 is 1.86 bits per heavy atom. The van der Waals surface area contributed by atoms with Crippen LogP contribution >= 0.6 is 0 Å². The maximum absolute atomic E-state index is 12.5. The van der Waals surface area contributed by atoms with Crippen molar-refractivity contribution < 1.29 is 24.2 Å². The summed E-state index contributed by atoms with van der Waals surface area (Å²) in [6.07, 6.45) is 1.82. The molecule has 21 heavy (non-hydrogen) atoms. The number of amides is 1. The van der Waals surface area contributed by atoms with E-state index in [2.05, 4.69) is 5.32 Å². The molecule has 0 saturated heterocycles. The maximum Gasteiger partial charge on any atom is 0.305 e. The van der Waals surface area contributed by atoms with Crippen molar-refractivity contribution in [3.63, 3.8) is 0 Å². The SMILES string of the molecule is COc1cccc(OC)c1C(=O)NC(CC(=O)O)C1CC1. The average molecular weight is 293 g/mol. The predicted molar refractivity (Wildman–Crippen MR) is 75.8 cm³/mol. The van der Waals surface area contributed by atoms with Crippen molar-refractivity contribution in [2.75, 3.05) is 14.2 Å². The van der Waals surface area contributed by atoms with Gasteiger partial charge in [0.15, 0.2) is 0 Å². The number of nitrogens with one attached hydrogen (secondary N) is 1. The fourth-order valence-electron chi connectivity index (χ4n) is 2.34. The van der Waals surface area contributed by atoms with Gasteiger partial charge in [0, 0.05) is 6.04 Å². The molecule has 6 heteroatoms. The standard InChI is InChI=1S/C15H19NO5/c1-20-11-4-3-5-12(21-2)14(11)15(19)16-10(8-13(17)18)9-6-7-9/h3-5,9-10H,6-8H2,1-2H3,(H,16,19)(H,17,18). The second kappa shape index (κ2) is 6.47. The molecule has 1 unspecified atom stereocenters. The third kappa shape index (κ3) is 3.65. The van der Waals surface area contributed by atoms with E-state index in [9.17, 15) is 9.59 Å². The monoisotopic (exact) mass is 293 g/mol. The van der Waals surface area contributed by atoms with Gasteiger partial charge < -0.3 is 19.9 Å². The Morgan fingerprint density at radius 3 is 2.29 bits per heavy atom. The quantitative estimate of drug-likeness (QED) is 0.799. The molecule has 1 atom stereocenters. The average Bonchev–Trinajstić information content (AvgIpc) is 3.29. The number of carbonyl (C=O) groups excluding carboxylic acids is 1. The van der Waals surface area contributed by atoms with Crippen molar-refractivity contribution in [3.8, 4) is 11.5 Å². The molecule has 1 amide bonds. The van der Waals surface area contributed by atoms with E-state index in [0.717, 1.165) is 12.8 Å². The highest BCUT2D eigenvalue weighted by Gasteiger charge is 2.34. The lowest BCUT2D eigenvalue weighted by molar-refractivity contribution is -0.137. The molecule has 0 aromatic heterocycles. The van der Waals surface area contributed by atoms with E-state index in [1.807, 2.05) is 0 Å². The number of benzene rings is 1. The lowest BCUT2D eigenvalue weighted by atomic mass is 10.1. The van der Waals surface area contributed by atoms with Gasteiger partial charge in [-0.25, -0.2) is 0 Å². The topological polar surface area (TPSA) is 84.9 Å². The summed E-state index contributed by atoms with van der Waals surface area (Å²) in [6, 6.07) is 4.70. The molecule has 114 valence electrons. The van der Waals surface area contributed by atoms with Gasteiger partial charge in [-0.3, -0.25) is 9.59 Å². The number of ether oxygens (including phenoxy) is 2. The van der Waals surface area contributed by atoms with Gasteiger partial charge >= 0.3 is 5.97 Å². The fraction of sp³-hybridized carbons (Fsp3) is 0.467. The second-order valence-electron chi connectivity index (χ2n) is 5.05. The number of hydrogen-bond donors (Lipinski definition) is 2. The van der Waals surface area contributed by atoms with E-state index in [4.69, 9.17) is 14.6 Å². The zero-order valence-corrected chi connectivity index (χ0v) is 12.1. The van der Waals surface area contributed by atoms with Crippen molar-refractivity contribution in [1.29, 1.82) is 0 Å². The van der Waals surface area contributed by atoms with Crippen LogP contribution in [0.1, 0.15) is 29.6 Å². The third-order valence-corrected chi connectivity index (χ3v) is 3.56. The lowest BCUT2D eigenvalue weighted by Crippen LogP contribution is -2.38. The summed E-state index contributed by atoms with van der Waals surface area (Å²) < 4.78 is 10.4. The van der Waals surface area contributed by atoms with E-state index < -0.39 is 5.97 Å². The van der Waals surface area contributed by atoms with Crippen LogP contribution < -0.4 is 14.8 Å². The Hall–Kier alpha value is -2.24. The van der Waals surface area contributed by atoms with Gasteiger partial charge in [-0.1, -0.05) is 6.07 Å². The molecule has 0 aliphatic heterocycles. The fourth-order valence-corrected chi connectivity index (χ4v) is 2.34. The van der Waals surface area contributed by atoms with Crippen LogP contribution in [-0.2, 0) is 4.79 Å². The molecule has 2 rings (SSSR count). The van der Waals surface area contributed by atoms with E-state index in [-0.39, 0.29) is 24.3 Å². The number of carbonyl (C=O) groups is 2. The minimum Gasteiger partial charge on any atom is -0.496 e. The number of hydrogen-bond acceptors (Lipinski definition) is 4. The smallest absolute Gasteiger partial charge is 0.305 e. The maximum atomic E-state index is 12.5. The molecule has 0 radical (unpaired) electrons. The number of carboxylic acid groups (broad SMARTS) is 1. The summed E-state index contributed by atoms with van der Waals surface area (Å²) >= 11 is 0. The Balaban J connectivity index is 2.20. The van der Waals surface area contributed by atoms with E-state index >= 15 is 0 Å². The zero-order chi connectivity index (χ0) is 15.4. The van der Waals surface area contributed by atoms with Crippen LogP contribution in [0.5, 0.6) is 11.5 Å². The highest BCUT2D eigenvalue weighted by molar-refractivity contribution is 6.00. The Labute approximate surface area is 123 Å². The molecular weight excluding hydrogens is 274 g/mol. The second-order valence-corrected chi connectivity index (χ2v) is 5.05. The molecule has 0 heterocycles. The summed E-state index contributed by atoms with van der Waals surface area (Å²) in [5.74, 6) is -0.249. The number of aliphatic carboxylic acids is 1. The van der Waals surface area contributed by atoms with Crippen molar-refractivity contribution >= 4 is 11.9 Å². The molecule has 0 bridgehead atoms. The summed E-state index contributed by atoms with van der Waals surface area (Å²) in [4.78, 5) is 23.4. The summed E-state index contributed by atoms with van der Waals surface area (Å²) in [5, 5.41) is 11.7. The minimum atomic E-state index is -0.917. The van der Waals surface area contributed by atoms with Crippen molar-refractivity contribution in [1.82, 2.24) is 5.32 Å². The normalized spacial score (nSPS) is 15.1. The van der Waals surface area contributed by atoms with Gasteiger partial charge in [-0.05, 0) is 30.9 Å². The zero-order valence-electron chi connectivity index (χ0n) is 12.1. The van der Waals surface area contributed by atoms with Crippen LogP contribution in [0, 0.1) is 5.92 Å². The molecule has 1 saturated carbocycles. The Bertz CT molecular complexity index is 517. The van der Waals surface area contributed by atoms with E-state index in [1.54, 1.807) is 18.2 Å². The molecule has 2 N–H and O–H groups in total. The molecular formula is C15H19NO5. The highest BCUT2D eigenvalue weighted by atomic mass is 16.5. The molecule has 1 aromatic carbocycles. The summed E-state index contributed by atoms with van der Waals surface area (Å²) in [5.41, 5.74) is 0.290. The van der Waals surface area contributed by atoms with Gasteiger partial charge in [0.1, 0.15) is 17.1 Å². The van der Waals surface area contributed by atoms with Gasteiger partial charge in [-0.15, -0.1) is 0 Å². The third-order valence-electron chi connectivity index (χ3n) is 3.56. The van der Waals surface area contributed by atoms with Crippen molar-refractivity contribution in [3.05, 3.63) is 23.8 Å². The first-order valence-corrected chi connectivity index (χ1v) is 6.80. The minimum absolute atomic E-state index is 0.0755. The summed E-state index contributed by atoms with van der Waals surface area (Å²) in [7, 11) is 2.95. The largest absolute Gasteiger partial charge is 0.496 e. The van der Waals surface area contributed by atoms with E-state index in [1.165, 1.54) is 14.2 Å². The molecule has 1 fully saturated rings. The van der Waals surface area contributed by atoms with Crippen molar-refractivity contribution in [2.45, 2.75) is 25.3 Å². The van der Waals surface area contributed by atoms with Gasteiger partial charge in [0.2, 0.25) is 0 Å². The van der Waals surface area contributed by atoms with Crippen LogP contribution in [-0.4, -0.2) is 37.2 Å². The molecule has 1 aliphatic rings. The van der Waals surface area contributed by atoms with Gasteiger partial charge in [-0.2, -0.15) is 0 Å². The molecule has 1 aromatic rings. The molecule has 6 nitrogen and oxygen atoms in total. The number of rotatable bonds is 7. The molecule has 0 spiro atoms. The van der Waals surface area contributed by atoms with Gasteiger partial charge in [0.05, 0.1) is 20.6 Å². The first-order chi connectivity index (χ1) is 10.1. The molecule has 1 aliphatic carbocycles. The van der Waals surface area contributed by atoms with Gasteiger partial charge in [0.25, 0.3) is 5.91 Å². The lowest BCUT2D eigenvalue weighted by Gasteiger charge is -2.18. The first kappa shape index (κ1) is 15.2. The van der Waals surface area contributed by atoms with Crippen LogP contribution in [0.15, 0.2) is 18.2 Å². The first-order valence-electron chi connectivity index (χ1n) is 6.80. The number of methoxy groups -OCH3 is 2. The van der Waals surface area contributed by atoms with Crippen LogP contribution in [0.2, 0.25) is 0 Å². The number of carboxylic acids is 1. The predicted octanol–water partition coefficient (Wildman–Crippen LogP) is 1.69. The van der Waals surface area contributed by atoms with Crippen LogP contribution in [0.3, 0.4) is 0 Å². The van der Waals surface area contributed by atoms with Crippen LogP contribution in [0.25, 0.3) is 0 Å². The van der Waals surface area contributed by atoms with Crippen LogP contribution in [0.4, 0.5) is 0 Å². The highest BCUT2D eigenvalue weighted by Crippen LogP contribution is 2.35.